The van der Waals surface area contributed by atoms with E-state index in [1.807, 2.05) is 34.8 Å². The third-order valence-electron chi connectivity index (χ3n) is 5.90. The van der Waals surface area contributed by atoms with Crippen molar-refractivity contribution in [3.8, 4) is 0 Å². The molecule has 28 heavy (non-hydrogen) atoms. The number of amides is 1. The van der Waals surface area contributed by atoms with Crippen molar-refractivity contribution in [1.29, 1.82) is 0 Å². The number of aromatic nitrogens is 1. The second-order valence-electron chi connectivity index (χ2n) is 7.92. The second kappa shape index (κ2) is 8.35. The van der Waals surface area contributed by atoms with Gasteiger partial charge in [0.1, 0.15) is 5.82 Å². The van der Waals surface area contributed by atoms with E-state index >= 15 is 0 Å². The number of nitrogens with zero attached hydrogens (tertiary/aromatic N) is 4. The minimum absolute atomic E-state index is 0.187. The number of benzene rings is 1. The Bertz CT molecular complexity index is 808. The van der Waals surface area contributed by atoms with E-state index in [2.05, 4.69) is 16.0 Å². The highest BCUT2D eigenvalue weighted by Crippen LogP contribution is 2.20. The Hall–Kier alpha value is -2.34. The van der Waals surface area contributed by atoms with E-state index in [9.17, 15) is 9.18 Å². The number of hydrogen-bond donors (Lipinski definition) is 0. The lowest BCUT2D eigenvalue weighted by Crippen LogP contribution is -2.47. The van der Waals surface area contributed by atoms with Crippen molar-refractivity contribution in [1.82, 2.24) is 14.4 Å². The van der Waals surface area contributed by atoms with Gasteiger partial charge in [0.25, 0.3) is 5.91 Å². The van der Waals surface area contributed by atoms with Crippen LogP contribution in [0, 0.1) is 5.82 Å². The van der Waals surface area contributed by atoms with Gasteiger partial charge in [-0.3, -0.25) is 9.69 Å². The fourth-order valence-electron chi connectivity index (χ4n) is 4.34. The molecule has 2 aliphatic rings. The minimum atomic E-state index is -0.187. The van der Waals surface area contributed by atoms with Crippen LogP contribution in [-0.2, 0) is 13.5 Å². The summed E-state index contributed by atoms with van der Waals surface area (Å²) < 4.78 is 15.1. The van der Waals surface area contributed by atoms with Crippen LogP contribution >= 0.6 is 0 Å². The molecule has 0 saturated carbocycles. The highest BCUT2D eigenvalue weighted by molar-refractivity contribution is 5.96. The molecule has 3 heterocycles. The molecule has 1 amide bonds. The van der Waals surface area contributed by atoms with Gasteiger partial charge in [0.2, 0.25) is 0 Å². The SMILES string of the molecule is Cn1cc2c(c1)C(=O)N(CCCN1CCN(c3ccc(F)cc3)CC1)CCC2. The fraction of sp³-hybridized carbons (Fsp3) is 0.500. The summed E-state index contributed by atoms with van der Waals surface area (Å²) in [5.41, 5.74) is 3.16. The molecule has 4 rings (SSSR count). The Morgan fingerprint density at radius 2 is 1.71 bits per heavy atom. The number of anilines is 1. The van der Waals surface area contributed by atoms with Crippen LogP contribution in [0.15, 0.2) is 36.7 Å². The molecule has 0 atom stereocenters. The molecular weight excluding hydrogens is 355 g/mol. The first-order valence-corrected chi connectivity index (χ1v) is 10.3. The van der Waals surface area contributed by atoms with Crippen molar-refractivity contribution in [2.24, 2.45) is 7.05 Å². The maximum Gasteiger partial charge on any atom is 0.255 e. The van der Waals surface area contributed by atoms with Gasteiger partial charge in [0.05, 0.1) is 5.56 Å². The second-order valence-corrected chi connectivity index (χ2v) is 7.92. The molecule has 150 valence electrons. The molecule has 1 aromatic carbocycles. The average molecular weight is 384 g/mol. The molecule has 0 unspecified atom stereocenters. The van der Waals surface area contributed by atoms with Crippen LogP contribution < -0.4 is 4.90 Å². The molecule has 2 aromatic rings. The quantitative estimate of drug-likeness (QED) is 0.795. The summed E-state index contributed by atoms with van der Waals surface area (Å²) in [6, 6.07) is 6.76. The van der Waals surface area contributed by atoms with Crippen LogP contribution in [0.2, 0.25) is 0 Å². The Balaban J connectivity index is 1.24. The molecule has 6 heteroatoms. The molecule has 1 aromatic heterocycles. The monoisotopic (exact) mass is 384 g/mol. The van der Waals surface area contributed by atoms with Crippen LogP contribution in [0.3, 0.4) is 0 Å². The lowest BCUT2D eigenvalue weighted by atomic mass is 10.1. The summed E-state index contributed by atoms with van der Waals surface area (Å²) in [4.78, 5) is 19.6. The van der Waals surface area contributed by atoms with Gasteiger partial charge in [-0.15, -0.1) is 0 Å². The standard InChI is InChI=1S/C22H29FN4O/c1-24-16-18-4-2-10-27(22(28)21(18)17-24)11-3-9-25-12-14-26(15-13-25)20-7-5-19(23)6-8-20/h5-8,16-17H,2-4,9-15H2,1H3. The van der Waals surface area contributed by atoms with Gasteiger partial charge in [0, 0.05) is 64.4 Å². The summed E-state index contributed by atoms with van der Waals surface area (Å²) in [5, 5.41) is 0. The van der Waals surface area contributed by atoms with Gasteiger partial charge in [-0.2, -0.15) is 0 Å². The zero-order valence-electron chi connectivity index (χ0n) is 16.6. The van der Waals surface area contributed by atoms with Crippen molar-refractivity contribution in [2.45, 2.75) is 19.3 Å². The zero-order valence-corrected chi connectivity index (χ0v) is 16.6. The smallest absolute Gasteiger partial charge is 0.255 e. The van der Waals surface area contributed by atoms with Crippen LogP contribution in [0.25, 0.3) is 0 Å². The summed E-state index contributed by atoms with van der Waals surface area (Å²) in [6.07, 6.45) is 7.08. The normalized spacial score (nSPS) is 18.3. The Morgan fingerprint density at radius 1 is 0.964 bits per heavy atom. The van der Waals surface area contributed by atoms with Crippen molar-refractivity contribution < 1.29 is 9.18 Å². The zero-order chi connectivity index (χ0) is 19.5. The lowest BCUT2D eigenvalue weighted by molar-refractivity contribution is 0.0752. The van der Waals surface area contributed by atoms with Gasteiger partial charge in [-0.05, 0) is 55.6 Å². The van der Waals surface area contributed by atoms with E-state index in [0.29, 0.717) is 0 Å². The first kappa shape index (κ1) is 19.0. The molecule has 0 bridgehead atoms. The summed E-state index contributed by atoms with van der Waals surface area (Å²) in [5.74, 6) is 0.00213. The van der Waals surface area contributed by atoms with Crippen molar-refractivity contribution in [3.63, 3.8) is 0 Å². The van der Waals surface area contributed by atoms with Gasteiger partial charge >= 0.3 is 0 Å². The third kappa shape index (κ3) is 4.22. The molecule has 0 spiro atoms. The first-order valence-electron chi connectivity index (χ1n) is 10.3. The number of piperazine rings is 1. The summed E-state index contributed by atoms with van der Waals surface area (Å²) >= 11 is 0. The van der Waals surface area contributed by atoms with Gasteiger partial charge in [-0.1, -0.05) is 0 Å². The molecule has 0 N–H and O–H groups in total. The van der Waals surface area contributed by atoms with Gasteiger partial charge in [0.15, 0.2) is 0 Å². The minimum Gasteiger partial charge on any atom is -0.369 e. The maximum absolute atomic E-state index is 13.1. The number of rotatable bonds is 5. The third-order valence-corrected chi connectivity index (χ3v) is 5.90. The molecule has 1 saturated heterocycles. The number of carbonyl (C=O) groups is 1. The first-order chi connectivity index (χ1) is 13.6. The molecule has 0 aliphatic carbocycles. The number of hydrogen-bond acceptors (Lipinski definition) is 3. The molecule has 1 fully saturated rings. The van der Waals surface area contributed by atoms with E-state index in [-0.39, 0.29) is 11.7 Å². The number of fused-ring (bicyclic) bond motifs is 1. The number of carbonyl (C=O) groups excluding carboxylic acids is 1. The molecule has 0 radical (unpaired) electrons. The Kier molecular flexibility index (Phi) is 5.67. The van der Waals surface area contributed by atoms with E-state index in [1.54, 1.807) is 0 Å². The molecule has 2 aliphatic heterocycles. The van der Waals surface area contributed by atoms with Crippen molar-refractivity contribution >= 4 is 11.6 Å². The summed E-state index contributed by atoms with van der Waals surface area (Å²) in [7, 11) is 1.98. The van der Waals surface area contributed by atoms with E-state index < -0.39 is 0 Å². The molecule has 5 nitrogen and oxygen atoms in total. The van der Waals surface area contributed by atoms with E-state index in [4.69, 9.17) is 0 Å². The Morgan fingerprint density at radius 3 is 2.46 bits per heavy atom. The topological polar surface area (TPSA) is 31.7 Å². The predicted molar refractivity (Wildman–Crippen MR) is 109 cm³/mol. The predicted octanol–water partition coefficient (Wildman–Crippen LogP) is 2.76. The van der Waals surface area contributed by atoms with Gasteiger partial charge < -0.3 is 14.4 Å². The average Bonchev–Trinajstić information content (AvgIpc) is 3.01. The van der Waals surface area contributed by atoms with Crippen LogP contribution in [-0.4, -0.2) is 66.1 Å². The van der Waals surface area contributed by atoms with E-state index in [1.165, 1.54) is 17.7 Å². The highest BCUT2D eigenvalue weighted by atomic mass is 19.1. The van der Waals surface area contributed by atoms with Crippen LogP contribution in [0.1, 0.15) is 28.8 Å². The maximum atomic E-state index is 13.1. The van der Waals surface area contributed by atoms with Crippen molar-refractivity contribution in [2.75, 3.05) is 50.7 Å². The number of halogens is 1. The lowest BCUT2D eigenvalue weighted by Gasteiger charge is -2.36. The Labute approximate surface area is 166 Å². The molecular formula is C22H29FN4O. The van der Waals surface area contributed by atoms with Crippen LogP contribution in [0.4, 0.5) is 10.1 Å². The highest BCUT2D eigenvalue weighted by Gasteiger charge is 2.24. The van der Waals surface area contributed by atoms with Crippen LogP contribution in [0.5, 0.6) is 0 Å². The van der Waals surface area contributed by atoms with Crippen molar-refractivity contribution in [3.05, 3.63) is 53.6 Å². The summed E-state index contributed by atoms with van der Waals surface area (Å²) in [6.45, 7) is 6.63. The van der Waals surface area contributed by atoms with E-state index in [0.717, 1.165) is 76.3 Å². The number of aryl methyl sites for hydroxylation is 2. The largest absolute Gasteiger partial charge is 0.369 e. The fourth-order valence-corrected chi connectivity index (χ4v) is 4.34. The van der Waals surface area contributed by atoms with Gasteiger partial charge in [-0.25, -0.2) is 4.39 Å².